The summed E-state index contributed by atoms with van der Waals surface area (Å²) in [5, 5.41) is 12.0. The molecule has 7 nitrogen and oxygen atoms in total. The van der Waals surface area contributed by atoms with Gasteiger partial charge in [-0.2, -0.15) is 0 Å². The molecule has 2 N–H and O–H groups in total. The van der Waals surface area contributed by atoms with Gasteiger partial charge >= 0.3 is 6.03 Å². The third-order valence-electron chi connectivity index (χ3n) is 3.78. The van der Waals surface area contributed by atoms with E-state index < -0.39 is 17.8 Å². The largest absolute Gasteiger partial charge is 0.506 e. The number of halogens is 2. The highest BCUT2D eigenvalue weighted by molar-refractivity contribution is 14.1. The third kappa shape index (κ3) is 3.83. The molecule has 1 saturated heterocycles. The van der Waals surface area contributed by atoms with Gasteiger partial charge < -0.3 is 9.84 Å². The molecule has 4 amide bonds. The number of urea groups is 1. The second kappa shape index (κ2) is 7.69. The highest BCUT2D eigenvalue weighted by Crippen LogP contribution is 2.32. The highest BCUT2D eigenvalue weighted by atomic mass is 127. The van der Waals surface area contributed by atoms with Crippen molar-refractivity contribution in [2.75, 3.05) is 12.0 Å². The lowest BCUT2D eigenvalue weighted by atomic mass is 10.1. The van der Waals surface area contributed by atoms with Gasteiger partial charge in [-0.05, 0) is 86.6 Å². The average molecular weight is 543 g/mol. The number of hydrogen-bond acceptors (Lipinski definition) is 5. The van der Waals surface area contributed by atoms with E-state index in [1.165, 1.54) is 13.2 Å². The number of carbonyl (C=O) groups excluding carboxylic acids is 3. The maximum Gasteiger partial charge on any atom is 0.335 e. The predicted octanol–water partition coefficient (Wildman–Crippen LogP) is 3.43. The summed E-state index contributed by atoms with van der Waals surface area (Å²) in [5.74, 6) is -0.895. The average Bonchev–Trinajstić information content (AvgIpc) is 2.63. The molecule has 1 aliphatic heterocycles. The van der Waals surface area contributed by atoms with Gasteiger partial charge in [0, 0.05) is 0 Å². The maximum absolute atomic E-state index is 12.8. The van der Waals surface area contributed by atoms with Crippen molar-refractivity contribution in [2.45, 2.75) is 0 Å². The van der Waals surface area contributed by atoms with E-state index in [1.807, 2.05) is 22.6 Å². The molecule has 0 unspecified atom stereocenters. The first-order valence-electron chi connectivity index (χ1n) is 7.55. The topological polar surface area (TPSA) is 95.9 Å². The molecule has 0 aliphatic carbocycles. The smallest absolute Gasteiger partial charge is 0.335 e. The second-order valence-corrected chi connectivity index (χ2v) is 7.51. The van der Waals surface area contributed by atoms with Gasteiger partial charge in [-0.15, -0.1) is 0 Å². The number of phenols is 1. The Morgan fingerprint density at radius 2 is 1.85 bits per heavy atom. The molecule has 0 radical (unpaired) electrons. The summed E-state index contributed by atoms with van der Waals surface area (Å²) in [6.45, 7) is 0. The Hall–Kier alpha value is -2.40. The van der Waals surface area contributed by atoms with Crippen LogP contribution >= 0.6 is 38.5 Å². The molecular weight excluding hydrogens is 531 g/mol. The Balaban J connectivity index is 2.01. The molecule has 2 aromatic carbocycles. The molecule has 1 heterocycles. The third-order valence-corrected chi connectivity index (χ3v) is 5.21. The number of benzene rings is 2. The first-order valence-corrected chi connectivity index (χ1v) is 9.42. The molecule has 0 saturated carbocycles. The van der Waals surface area contributed by atoms with Crippen LogP contribution in [0.3, 0.4) is 0 Å². The predicted molar refractivity (Wildman–Crippen MR) is 111 cm³/mol. The number of methoxy groups -OCH3 is 1. The SMILES string of the molecule is COc1ccc(N2C(=O)NC(=O)/C(=C\c3cc(Br)c(O)c(I)c3)C2=O)cc1. The lowest BCUT2D eigenvalue weighted by Gasteiger charge is -2.26. The molecule has 138 valence electrons. The molecule has 0 atom stereocenters. The van der Waals surface area contributed by atoms with Gasteiger partial charge in [-0.1, -0.05) is 0 Å². The Bertz CT molecular complexity index is 965. The fourth-order valence-electron chi connectivity index (χ4n) is 2.46. The van der Waals surface area contributed by atoms with Crippen molar-refractivity contribution in [2.24, 2.45) is 0 Å². The number of anilines is 1. The number of hydrogen-bond donors (Lipinski definition) is 2. The van der Waals surface area contributed by atoms with E-state index in [1.54, 1.807) is 36.4 Å². The van der Waals surface area contributed by atoms with Gasteiger partial charge in [0.2, 0.25) is 0 Å². The van der Waals surface area contributed by atoms with E-state index in [4.69, 9.17) is 4.74 Å². The normalized spacial score (nSPS) is 15.9. The number of carbonyl (C=O) groups is 3. The first kappa shape index (κ1) is 19.4. The highest BCUT2D eigenvalue weighted by Gasteiger charge is 2.36. The van der Waals surface area contributed by atoms with Crippen LogP contribution in [0.15, 0.2) is 46.4 Å². The van der Waals surface area contributed by atoms with Crippen molar-refractivity contribution in [3.63, 3.8) is 0 Å². The van der Waals surface area contributed by atoms with Crippen LogP contribution in [-0.4, -0.2) is 30.1 Å². The molecule has 27 heavy (non-hydrogen) atoms. The Morgan fingerprint density at radius 1 is 1.19 bits per heavy atom. The van der Waals surface area contributed by atoms with Gasteiger partial charge in [0.1, 0.15) is 17.1 Å². The second-order valence-electron chi connectivity index (χ2n) is 5.49. The molecule has 0 aromatic heterocycles. The zero-order valence-electron chi connectivity index (χ0n) is 13.8. The van der Waals surface area contributed by atoms with Crippen LogP contribution in [0.1, 0.15) is 5.56 Å². The summed E-state index contributed by atoms with van der Waals surface area (Å²) in [6, 6.07) is 8.66. The van der Waals surface area contributed by atoms with Crippen LogP contribution in [0.2, 0.25) is 0 Å². The zero-order valence-corrected chi connectivity index (χ0v) is 17.6. The van der Waals surface area contributed by atoms with Crippen LogP contribution < -0.4 is 15.0 Å². The molecule has 1 aliphatic rings. The van der Waals surface area contributed by atoms with Crippen molar-refractivity contribution in [3.05, 3.63) is 55.6 Å². The van der Waals surface area contributed by atoms with E-state index in [0.717, 1.165) is 4.90 Å². The maximum atomic E-state index is 12.8. The van der Waals surface area contributed by atoms with Gasteiger partial charge in [0.05, 0.1) is 20.8 Å². The van der Waals surface area contributed by atoms with Crippen molar-refractivity contribution in [1.82, 2.24) is 5.32 Å². The summed E-state index contributed by atoms with van der Waals surface area (Å²) in [5.41, 5.74) is 0.628. The van der Waals surface area contributed by atoms with Crippen molar-refractivity contribution in [3.8, 4) is 11.5 Å². The summed E-state index contributed by atoms with van der Waals surface area (Å²) in [6.07, 6.45) is 1.37. The van der Waals surface area contributed by atoms with Gasteiger partial charge in [0.25, 0.3) is 11.8 Å². The monoisotopic (exact) mass is 542 g/mol. The fraction of sp³-hybridized carbons (Fsp3) is 0.0556. The van der Waals surface area contributed by atoms with Crippen LogP contribution in [-0.2, 0) is 9.59 Å². The number of aromatic hydroxyl groups is 1. The van der Waals surface area contributed by atoms with E-state index >= 15 is 0 Å². The van der Waals surface area contributed by atoms with Crippen molar-refractivity contribution in [1.29, 1.82) is 0 Å². The van der Waals surface area contributed by atoms with Gasteiger partial charge in [0.15, 0.2) is 0 Å². The lowest BCUT2D eigenvalue weighted by molar-refractivity contribution is -0.122. The molecule has 9 heteroatoms. The number of ether oxygens (including phenoxy) is 1. The van der Waals surface area contributed by atoms with Gasteiger partial charge in [-0.25, -0.2) is 9.69 Å². The molecule has 0 spiro atoms. The minimum atomic E-state index is -0.825. The van der Waals surface area contributed by atoms with Gasteiger partial charge in [-0.3, -0.25) is 14.9 Å². The Kier molecular flexibility index (Phi) is 5.51. The molecule has 2 aromatic rings. The van der Waals surface area contributed by atoms with Crippen molar-refractivity contribution < 1.29 is 24.2 Å². The summed E-state index contributed by atoms with van der Waals surface area (Å²) in [4.78, 5) is 38.1. The number of rotatable bonds is 3. The number of nitrogens with one attached hydrogen (secondary N) is 1. The number of amides is 4. The standard InChI is InChI=1S/C18H12BrIN2O5/c1-27-11-4-2-10(3-5-11)22-17(25)12(16(24)21-18(22)26)6-9-7-13(19)15(23)14(20)8-9/h2-8,23H,1H3,(H,21,24,26)/b12-6+. The van der Waals surface area contributed by atoms with E-state index in [2.05, 4.69) is 21.2 Å². The summed E-state index contributed by atoms with van der Waals surface area (Å²) < 4.78 is 6.03. The Labute approximate surface area is 176 Å². The first-order chi connectivity index (χ1) is 12.8. The summed E-state index contributed by atoms with van der Waals surface area (Å²) >= 11 is 5.15. The zero-order chi connectivity index (χ0) is 19.7. The molecule has 0 bridgehead atoms. The van der Waals surface area contributed by atoms with Crippen LogP contribution in [0, 0.1) is 3.57 Å². The van der Waals surface area contributed by atoms with Crippen LogP contribution in [0.5, 0.6) is 11.5 Å². The lowest BCUT2D eigenvalue weighted by Crippen LogP contribution is -2.54. The summed E-state index contributed by atoms with van der Waals surface area (Å²) in [7, 11) is 1.50. The number of imide groups is 2. The molecule has 3 rings (SSSR count). The van der Waals surface area contributed by atoms with E-state index in [9.17, 15) is 19.5 Å². The van der Waals surface area contributed by atoms with Crippen molar-refractivity contribution >= 4 is 68.1 Å². The van der Waals surface area contributed by atoms with E-state index in [0.29, 0.717) is 25.0 Å². The minimum Gasteiger partial charge on any atom is -0.506 e. The molecular formula is C18H12BrIN2O5. The number of nitrogens with zero attached hydrogens (tertiary/aromatic N) is 1. The minimum absolute atomic E-state index is 0.0622. The Morgan fingerprint density at radius 3 is 2.44 bits per heavy atom. The number of barbiturate groups is 1. The quantitative estimate of drug-likeness (QED) is 0.352. The van der Waals surface area contributed by atoms with E-state index in [-0.39, 0.29) is 11.3 Å². The van der Waals surface area contributed by atoms with Crippen LogP contribution in [0.25, 0.3) is 6.08 Å². The number of phenolic OH excluding ortho intramolecular Hbond substituents is 1. The van der Waals surface area contributed by atoms with Crippen LogP contribution in [0.4, 0.5) is 10.5 Å². The molecule has 1 fully saturated rings. The fourth-order valence-corrected chi connectivity index (χ4v) is 3.96.